The van der Waals surface area contributed by atoms with Gasteiger partial charge in [-0.25, -0.2) is 22.2 Å². The number of nitrogens with zero attached hydrogens (tertiary/aromatic N) is 4. The van der Waals surface area contributed by atoms with Gasteiger partial charge in [-0.05, 0) is 79.8 Å². The Hall–Kier alpha value is -4.29. The minimum absolute atomic E-state index is 0.0533. The van der Waals surface area contributed by atoms with E-state index in [1.807, 2.05) is 51.7 Å². The highest BCUT2D eigenvalue weighted by Crippen LogP contribution is 2.38. The van der Waals surface area contributed by atoms with Crippen molar-refractivity contribution in [2.45, 2.75) is 68.5 Å². The molecule has 1 N–H and O–H groups in total. The van der Waals surface area contributed by atoms with E-state index in [2.05, 4.69) is 4.98 Å². The summed E-state index contributed by atoms with van der Waals surface area (Å²) in [4.78, 5) is 25.1. The van der Waals surface area contributed by atoms with E-state index in [9.17, 15) is 35.9 Å². The molecule has 1 aromatic heterocycles. The number of methoxy groups -OCH3 is 1. The Labute approximate surface area is 344 Å². The lowest BCUT2D eigenvalue weighted by atomic mass is 9.81. The summed E-state index contributed by atoms with van der Waals surface area (Å²) in [5.41, 5.74) is 1.69. The van der Waals surface area contributed by atoms with Crippen LogP contribution in [0.15, 0.2) is 65.7 Å². The van der Waals surface area contributed by atoms with E-state index in [1.54, 1.807) is 24.4 Å². The van der Waals surface area contributed by atoms with Crippen LogP contribution in [0.2, 0.25) is 10.0 Å². The first-order valence-electron chi connectivity index (χ1n) is 17.7. The van der Waals surface area contributed by atoms with Crippen molar-refractivity contribution < 1.29 is 59.4 Å². The van der Waals surface area contributed by atoms with Crippen LogP contribution in [0, 0.1) is 11.6 Å². The van der Waals surface area contributed by atoms with Crippen molar-refractivity contribution in [2.24, 2.45) is 0 Å². The van der Waals surface area contributed by atoms with Crippen molar-refractivity contribution in [3.8, 4) is 11.4 Å². The summed E-state index contributed by atoms with van der Waals surface area (Å²) in [6.07, 6.45) is -1.92. The average Bonchev–Trinajstić information content (AvgIpc) is 3.55. The fourth-order valence-electron chi connectivity index (χ4n) is 6.00. The van der Waals surface area contributed by atoms with Crippen molar-refractivity contribution in [3.05, 3.63) is 105 Å². The second-order valence-corrected chi connectivity index (χ2v) is 17.7. The molecule has 4 rings (SSSR count). The maximum atomic E-state index is 15.7. The summed E-state index contributed by atoms with van der Waals surface area (Å²) in [7, 11) is 4.36. The number of likely N-dealkylation sites (N-methyl/N-ethyl adjacent to an activating group) is 1. The number of hydrogen-bond acceptors (Lipinski definition) is 7. The van der Waals surface area contributed by atoms with Gasteiger partial charge < -0.3 is 24.2 Å². The first-order valence-corrected chi connectivity index (χ1v) is 19.9. The number of rotatable bonds is 16. The van der Waals surface area contributed by atoms with Gasteiger partial charge in [0, 0.05) is 41.4 Å². The summed E-state index contributed by atoms with van der Waals surface area (Å²) in [6, 6.07) is 12.1. The largest absolute Gasteiger partial charge is 0.542 e. The van der Waals surface area contributed by atoms with E-state index in [1.165, 1.54) is 26.3 Å². The van der Waals surface area contributed by atoms with Gasteiger partial charge in [0.25, 0.3) is 0 Å². The molecule has 0 amide bonds. The topological polar surface area (TPSA) is 142 Å². The maximum Gasteiger partial charge on any atom is 0.430 e. The SMILES string of the molecule is COc1cc(C(C)(C)c2cnc(CCc3c(F)cc(S(=O)(=O)N(C)[C@@H](CCCC[N+](C)(C)C)C(=O)O)cc3Cl)n2-c2ccc(F)cc2)ccc1Cl.O=C([O-])C(F)(F)F. The summed E-state index contributed by atoms with van der Waals surface area (Å²) in [6.45, 7) is 4.80. The minimum Gasteiger partial charge on any atom is -0.542 e. The van der Waals surface area contributed by atoms with Crippen LogP contribution in [-0.4, -0.2) is 97.9 Å². The predicted octanol–water partition coefficient (Wildman–Crippen LogP) is 6.83. The van der Waals surface area contributed by atoms with E-state index >= 15 is 4.39 Å². The smallest absolute Gasteiger partial charge is 0.430 e. The standard InChI is InChI=1S/C37H44Cl2F2N4O5S.C2HF3O2/c1-37(2,24-11-17-29(38)33(20-24)50-7)34-23-42-35(44(34)26-14-12-25(40)13-15-26)18-16-28-30(39)21-27(22-31(28)41)51(48,49)43(3)32(36(46)47)10-8-9-19-45(4,5)6;3-2(4,5)1(6)7/h11-15,17,20-23,32H,8-10,16,18-19H2,1-7H3;(H,6,7)/t32-;/m0./s1. The first kappa shape index (κ1) is 48.1. The van der Waals surface area contributed by atoms with Crippen LogP contribution < -0.4 is 9.84 Å². The van der Waals surface area contributed by atoms with Crippen LogP contribution in [-0.2, 0) is 37.9 Å². The summed E-state index contributed by atoms with van der Waals surface area (Å²) < 4.78 is 97.1. The molecule has 1 atom stereocenters. The summed E-state index contributed by atoms with van der Waals surface area (Å²) in [5.74, 6) is -4.51. The van der Waals surface area contributed by atoms with Crippen molar-refractivity contribution in [3.63, 3.8) is 0 Å². The van der Waals surface area contributed by atoms with Crippen LogP contribution in [0.25, 0.3) is 5.69 Å². The Morgan fingerprint density at radius 2 is 1.59 bits per heavy atom. The van der Waals surface area contributed by atoms with Gasteiger partial charge in [0.05, 0.1) is 50.4 Å². The van der Waals surface area contributed by atoms with Crippen molar-refractivity contribution in [1.82, 2.24) is 13.9 Å². The predicted molar refractivity (Wildman–Crippen MR) is 207 cm³/mol. The number of unbranched alkanes of at least 4 members (excludes halogenated alkanes) is 1. The normalized spacial score (nSPS) is 12.9. The summed E-state index contributed by atoms with van der Waals surface area (Å²) >= 11 is 12.8. The third-order valence-electron chi connectivity index (χ3n) is 9.33. The van der Waals surface area contributed by atoms with Gasteiger partial charge in [-0.3, -0.25) is 9.36 Å². The highest BCUT2D eigenvalue weighted by atomic mass is 35.5. The van der Waals surface area contributed by atoms with Crippen LogP contribution in [0.1, 0.15) is 55.8 Å². The molecule has 0 spiro atoms. The molecule has 58 heavy (non-hydrogen) atoms. The number of carboxylic acid groups (broad SMARTS) is 2. The molecule has 11 nitrogen and oxygen atoms in total. The number of hydrogen-bond donors (Lipinski definition) is 1. The number of aromatic nitrogens is 2. The molecule has 0 unspecified atom stereocenters. The number of quaternary nitrogens is 1. The molecule has 1 heterocycles. The molecule has 19 heteroatoms. The molecule has 0 aliphatic rings. The number of carboxylic acids is 2. The first-order chi connectivity index (χ1) is 26.7. The fraction of sp³-hybridized carbons (Fsp3) is 0.410. The molecule has 0 fully saturated rings. The van der Waals surface area contributed by atoms with Crippen LogP contribution in [0.4, 0.5) is 22.0 Å². The van der Waals surface area contributed by atoms with Gasteiger partial charge >= 0.3 is 12.1 Å². The average molecular weight is 880 g/mol. The number of carbonyl (C=O) groups excluding carboxylic acids is 1. The molecular weight excluding hydrogens is 834 g/mol. The zero-order valence-electron chi connectivity index (χ0n) is 32.8. The van der Waals surface area contributed by atoms with Gasteiger partial charge in [-0.15, -0.1) is 0 Å². The lowest BCUT2D eigenvalue weighted by Crippen LogP contribution is -2.42. The zero-order chi connectivity index (χ0) is 44.0. The van der Waals surface area contributed by atoms with Crippen LogP contribution in [0.5, 0.6) is 5.75 Å². The number of aryl methyl sites for hydroxylation is 1. The number of halogens is 7. The Morgan fingerprint density at radius 3 is 2.10 bits per heavy atom. The van der Waals surface area contributed by atoms with Crippen LogP contribution in [0.3, 0.4) is 0 Å². The molecule has 3 aromatic carbocycles. The van der Waals surface area contributed by atoms with Gasteiger partial charge in [0.1, 0.15) is 35.2 Å². The lowest BCUT2D eigenvalue weighted by molar-refractivity contribution is -0.870. The highest BCUT2D eigenvalue weighted by Gasteiger charge is 2.34. The maximum absolute atomic E-state index is 15.7. The summed E-state index contributed by atoms with van der Waals surface area (Å²) in [5, 5.41) is 19.0. The van der Waals surface area contributed by atoms with E-state index in [0.29, 0.717) is 39.6 Å². The number of aliphatic carboxylic acids is 2. The molecule has 0 aliphatic carbocycles. The minimum atomic E-state index is -5.19. The van der Waals surface area contributed by atoms with Crippen molar-refractivity contribution in [1.29, 1.82) is 0 Å². The number of carbonyl (C=O) groups is 2. The fourth-order valence-corrected chi connectivity index (χ4v) is 7.95. The molecule has 0 aliphatic heterocycles. The molecular formula is C39H45Cl2F5N4O7S. The number of ether oxygens (including phenoxy) is 1. The Bertz CT molecular complexity index is 2170. The van der Waals surface area contributed by atoms with E-state index in [-0.39, 0.29) is 29.8 Å². The number of sulfonamides is 1. The lowest BCUT2D eigenvalue weighted by Gasteiger charge is -2.28. The Balaban J connectivity index is 0.00000117. The third-order valence-corrected chi connectivity index (χ3v) is 11.8. The van der Waals surface area contributed by atoms with E-state index in [4.69, 9.17) is 37.8 Å². The van der Waals surface area contributed by atoms with E-state index < -0.39 is 56.1 Å². The quantitative estimate of drug-likeness (QED) is 0.0735. The molecule has 0 bridgehead atoms. The number of alkyl halides is 3. The molecule has 4 aromatic rings. The van der Waals surface area contributed by atoms with Gasteiger partial charge in [-0.2, -0.15) is 17.5 Å². The third kappa shape index (κ3) is 12.1. The van der Waals surface area contributed by atoms with Crippen molar-refractivity contribution >= 4 is 45.2 Å². The van der Waals surface area contributed by atoms with Crippen LogP contribution >= 0.6 is 23.2 Å². The molecule has 0 saturated heterocycles. The zero-order valence-corrected chi connectivity index (χ0v) is 35.2. The Kier molecular flexibility index (Phi) is 15.9. The Morgan fingerprint density at radius 1 is 0.983 bits per heavy atom. The molecule has 0 saturated carbocycles. The van der Waals surface area contributed by atoms with E-state index in [0.717, 1.165) is 34.2 Å². The highest BCUT2D eigenvalue weighted by molar-refractivity contribution is 7.89. The second kappa shape index (κ2) is 19.2. The van der Waals surface area contributed by atoms with Gasteiger partial charge in [-0.1, -0.05) is 43.1 Å². The number of imidazole rings is 1. The molecule has 318 valence electrons. The second-order valence-electron chi connectivity index (χ2n) is 14.9. The van der Waals surface area contributed by atoms with Gasteiger partial charge in [0.15, 0.2) is 0 Å². The van der Waals surface area contributed by atoms with Crippen molar-refractivity contribution in [2.75, 3.05) is 41.8 Å². The monoisotopic (exact) mass is 878 g/mol. The number of benzene rings is 3. The van der Waals surface area contributed by atoms with Gasteiger partial charge in [0.2, 0.25) is 10.0 Å². The molecule has 0 radical (unpaired) electrons.